The van der Waals surface area contributed by atoms with E-state index in [0.29, 0.717) is 25.0 Å². The molecule has 0 bridgehead atoms. The van der Waals surface area contributed by atoms with Gasteiger partial charge in [-0.25, -0.2) is 4.98 Å². The van der Waals surface area contributed by atoms with Crippen LogP contribution in [0.2, 0.25) is 0 Å². The average Bonchev–Trinajstić information content (AvgIpc) is 3.42. The third-order valence-electron chi connectivity index (χ3n) is 5.54. The van der Waals surface area contributed by atoms with Crippen LogP contribution in [0.4, 0.5) is 0 Å². The number of aromatic amines is 1. The molecule has 0 atom stereocenters. The third kappa shape index (κ3) is 2.74. The highest BCUT2D eigenvalue weighted by Gasteiger charge is 2.46. The molecule has 0 aliphatic heterocycles. The Kier molecular flexibility index (Phi) is 3.85. The molecule has 0 aromatic carbocycles. The van der Waals surface area contributed by atoms with E-state index in [0.717, 1.165) is 28.0 Å². The summed E-state index contributed by atoms with van der Waals surface area (Å²) in [7, 11) is 0. The number of aromatic nitrogens is 6. The number of rotatable bonds is 4. The first-order chi connectivity index (χ1) is 14.2. The summed E-state index contributed by atoms with van der Waals surface area (Å²) < 4.78 is 1.84. The van der Waals surface area contributed by atoms with Gasteiger partial charge in [0.15, 0.2) is 0 Å². The number of nitriles is 2. The van der Waals surface area contributed by atoms with Crippen molar-refractivity contribution in [2.75, 3.05) is 0 Å². The van der Waals surface area contributed by atoms with E-state index in [1.807, 2.05) is 41.2 Å². The zero-order valence-corrected chi connectivity index (χ0v) is 15.4. The van der Waals surface area contributed by atoms with Crippen molar-refractivity contribution in [2.24, 2.45) is 5.92 Å². The summed E-state index contributed by atoms with van der Waals surface area (Å²) in [4.78, 5) is 9.31. The Bertz CT molecular complexity index is 1270. The Morgan fingerprint density at radius 3 is 2.83 bits per heavy atom. The fourth-order valence-electron chi connectivity index (χ4n) is 4.03. The second-order valence-electron chi connectivity index (χ2n) is 7.34. The highest BCUT2D eigenvalue weighted by atomic mass is 15.3. The lowest BCUT2D eigenvalue weighted by Crippen LogP contribution is -2.46. The minimum atomic E-state index is -0.414. The number of H-pyrrole nitrogens is 1. The zero-order chi connectivity index (χ0) is 19.8. The number of nitrogens with zero attached hydrogens (tertiary/aromatic N) is 7. The molecule has 0 amide bonds. The lowest BCUT2D eigenvalue weighted by atomic mass is 9.67. The molecule has 1 fully saturated rings. The summed E-state index contributed by atoms with van der Waals surface area (Å²) >= 11 is 0. The second-order valence-corrected chi connectivity index (χ2v) is 7.34. The lowest BCUT2D eigenvalue weighted by Gasteiger charge is -2.43. The molecular formula is C21H16N8. The Labute approximate surface area is 166 Å². The minimum Gasteiger partial charge on any atom is -0.276 e. The molecule has 4 aromatic rings. The maximum absolute atomic E-state index is 9.29. The summed E-state index contributed by atoms with van der Waals surface area (Å²) in [5, 5.41) is 31.1. The van der Waals surface area contributed by atoms with Crippen molar-refractivity contribution < 1.29 is 0 Å². The van der Waals surface area contributed by atoms with Crippen molar-refractivity contribution in [3.05, 3.63) is 48.9 Å². The van der Waals surface area contributed by atoms with Gasteiger partial charge in [-0.05, 0) is 43.2 Å². The lowest BCUT2D eigenvalue weighted by molar-refractivity contribution is 0.0884. The van der Waals surface area contributed by atoms with Crippen LogP contribution < -0.4 is 0 Å². The maximum Gasteiger partial charge on any atom is 0.111 e. The van der Waals surface area contributed by atoms with E-state index >= 15 is 0 Å². The van der Waals surface area contributed by atoms with Crippen LogP contribution in [-0.2, 0) is 5.54 Å². The van der Waals surface area contributed by atoms with Gasteiger partial charge in [-0.2, -0.15) is 20.7 Å². The van der Waals surface area contributed by atoms with Crippen LogP contribution in [0.3, 0.4) is 0 Å². The second kappa shape index (κ2) is 6.54. The number of hydrogen-bond acceptors (Lipinski definition) is 6. The number of hydrogen-bond donors (Lipinski definition) is 1. The summed E-state index contributed by atoms with van der Waals surface area (Å²) in [6, 6.07) is 14.1. The standard InChI is InChI=1S/C21H16N8/c22-6-5-21(11-14(12-21)13-23)29-9-4-17(28-29)20-15-2-1-7-24-18(15)10-19(26-20)16-3-8-25-27-16/h1-4,7-10,14H,5,11-12H2,(H,25,27)/t14-,21+. The van der Waals surface area contributed by atoms with Gasteiger partial charge in [-0.1, -0.05) is 0 Å². The monoisotopic (exact) mass is 380 g/mol. The van der Waals surface area contributed by atoms with E-state index in [2.05, 4.69) is 27.3 Å². The molecular weight excluding hydrogens is 364 g/mol. The van der Waals surface area contributed by atoms with E-state index in [1.54, 1.807) is 12.4 Å². The van der Waals surface area contributed by atoms with Crippen molar-refractivity contribution in [3.8, 4) is 34.9 Å². The normalized spacial score (nSPS) is 20.7. The average molecular weight is 380 g/mol. The molecule has 1 saturated carbocycles. The van der Waals surface area contributed by atoms with Gasteiger partial charge in [0, 0.05) is 24.0 Å². The predicted octanol–water partition coefficient (Wildman–Crippen LogP) is 3.43. The van der Waals surface area contributed by atoms with Crippen LogP contribution >= 0.6 is 0 Å². The molecule has 0 unspecified atom stereocenters. The molecule has 140 valence electrons. The van der Waals surface area contributed by atoms with Crippen molar-refractivity contribution in [1.82, 2.24) is 29.9 Å². The summed E-state index contributed by atoms with van der Waals surface area (Å²) in [5.74, 6) is -0.0251. The van der Waals surface area contributed by atoms with Crippen LogP contribution in [0, 0.1) is 28.6 Å². The number of pyridine rings is 2. The molecule has 0 saturated heterocycles. The zero-order valence-electron chi connectivity index (χ0n) is 15.4. The smallest absolute Gasteiger partial charge is 0.111 e. The number of nitrogens with one attached hydrogen (secondary N) is 1. The predicted molar refractivity (Wildman–Crippen MR) is 105 cm³/mol. The molecule has 8 nitrogen and oxygen atoms in total. The summed E-state index contributed by atoms with van der Waals surface area (Å²) in [5.41, 5.74) is 3.37. The van der Waals surface area contributed by atoms with E-state index in [-0.39, 0.29) is 5.92 Å². The van der Waals surface area contributed by atoms with Crippen molar-refractivity contribution in [1.29, 1.82) is 10.5 Å². The van der Waals surface area contributed by atoms with Gasteiger partial charge in [0.2, 0.25) is 0 Å². The molecule has 1 aliphatic rings. The first-order valence-corrected chi connectivity index (χ1v) is 9.31. The molecule has 0 spiro atoms. The molecule has 0 radical (unpaired) electrons. The van der Waals surface area contributed by atoms with Crippen LogP contribution in [-0.4, -0.2) is 29.9 Å². The highest BCUT2D eigenvalue weighted by Crippen LogP contribution is 2.46. The Balaban J connectivity index is 1.62. The van der Waals surface area contributed by atoms with Crippen molar-refractivity contribution in [2.45, 2.75) is 24.8 Å². The van der Waals surface area contributed by atoms with Gasteiger partial charge in [0.1, 0.15) is 11.4 Å². The highest BCUT2D eigenvalue weighted by molar-refractivity contribution is 5.93. The largest absolute Gasteiger partial charge is 0.276 e. The van der Waals surface area contributed by atoms with Gasteiger partial charge in [0.05, 0.1) is 46.9 Å². The van der Waals surface area contributed by atoms with Gasteiger partial charge in [0.25, 0.3) is 0 Å². The van der Waals surface area contributed by atoms with Crippen molar-refractivity contribution >= 4 is 10.9 Å². The third-order valence-corrected chi connectivity index (χ3v) is 5.54. The van der Waals surface area contributed by atoms with Gasteiger partial charge in [-0.3, -0.25) is 14.8 Å². The molecule has 4 aromatic heterocycles. The first kappa shape index (κ1) is 17.1. The molecule has 1 N–H and O–H groups in total. The maximum atomic E-state index is 9.29. The minimum absolute atomic E-state index is 0.0251. The molecule has 4 heterocycles. The molecule has 5 rings (SSSR count). The quantitative estimate of drug-likeness (QED) is 0.579. The van der Waals surface area contributed by atoms with E-state index in [1.165, 1.54) is 0 Å². The molecule has 8 heteroatoms. The van der Waals surface area contributed by atoms with Crippen LogP contribution in [0.25, 0.3) is 33.7 Å². The molecule has 29 heavy (non-hydrogen) atoms. The molecule has 1 aliphatic carbocycles. The van der Waals surface area contributed by atoms with Gasteiger partial charge < -0.3 is 0 Å². The summed E-state index contributed by atoms with van der Waals surface area (Å²) in [6.07, 6.45) is 6.93. The SMILES string of the molecule is N#CC[C@]1(n2ccc(-c3nc(-c4ccn[nH]4)cc4ncccc34)n2)C[C@@H](C#N)C1. The Hall–Kier alpha value is -4.04. The topological polar surface area (TPSA) is 120 Å². The van der Waals surface area contributed by atoms with E-state index < -0.39 is 5.54 Å². The fourth-order valence-corrected chi connectivity index (χ4v) is 4.03. The first-order valence-electron chi connectivity index (χ1n) is 9.31. The summed E-state index contributed by atoms with van der Waals surface area (Å²) in [6.45, 7) is 0. The van der Waals surface area contributed by atoms with Crippen molar-refractivity contribution in [3.63, 3.8) is 0 Å². The van der Waals surface area contributed by atoms with Gasteiger partial charge >= 0.3 is 0 Å². The van der Waals surface area contributed by atoms with Crippen LogP contribution in [0.5, 0.6) is 0 Å². The Morgan fingerprint density at radius 1 is 1.17 bits per heavy atom. The van der Waals surface area contributed by atoms with E-state index in [9.17, 15) is 5.26 Å². The number of fused-ring (bicyclic) bond motifs is 1. The fraction of sp³-hybridized carbons (Fsp3) is 0.238. The van der Waals surface area contributed by atoms with E-state index in [4.69, 9.17) is 15.3 Å². The van der Waals surface area contributed by atoms with Gasteiger partial charge in [-0.15, -0.1) is 0 Å². The Morgan fingerprint density at radius 2 is 2.07 bits per heavy atom. The van der Waals surface area contributed by atoms with Crippen LogP contribution in [0.1, 0.15) is 19.3 Å². The van der Waals surface area contributed by atoms with Crippen LogP contribution in [0.15, 0.2) is 48.9 Å².